The molecule has 126 valence electrons. The van der Waals surface area contributed by atoms with E-state index in [1.165, 1.54) is 22.4 Å². The molecule has 1 atom stereocenters. The molecule has 0 saturated heterocycles. The molecule has 5 nitrogen and oxygen atoms in total. The third-order valence-electron chi connectivity index (χ3n) is 4.84. The van der Waals surface area contributed by atoms with Crippen molar-refractivity contribution in [2.75, 3.05) is 31.6 Å². The van der Waals surface area contributed by atoms with Crippen LogP contribution in [0.15, 0.2) is 24.3 Å². The zero-order chi connectivity index (χ0) is 16.4. The van der Waals surface area contributed by atoms with Crippen LogP contribution in [0.1, 0.15) is 34.3 Å². The van der Waals surface area contributed by atoms with Gasteiger partial charge in [0.2, 0.25) is 0 Å². The summed E-state index contributed by atoms with van der Waals surface area (Å²) in [4.78, 5) is 9.31. The number of hydrogen-bond donors (Lipinski definition) is 2. The van der Waals surface area contributed by atoms with E-state index in [1.807, 2.05) is 6.92 Å². The summed E-state index contributed by atoms with van der Waals surface area (Å²) < 4.78 is 6.01. The van der Waals surface area contributed by atoms with E-state index in [2.05, 4.69) is 44.9 Å². The molecule has 1 aromatic carbocycles. The van der Waals surface area contributed by atoms with Gasteiger partial charge in [-0.2, -0.15) is 0 Å². The number of hydrogen-bond acceptors (Lipinski definition) is 5. The van der Waals surface area contributed by atoms with E-state index < -0.39 is 0 Å². The Morgan fingerprint density at radius 1 is 1.17 bits per heavy atom. The Kier molecular flexibility index (Phi) is 4.45. The van der Waals surface area contributed by atoms with Crippen LogP contribution in [0.2, 0.25) is 0 Å². The third kappa shape index (κ3) is 3.14. The molecule has 1 unspecified atom stereocenters. The van der Waals surface area contributed by atoms with E-state index in [0.717, 1.165) is 57.1 Å². The van der Waals surface area contributed by atoms with Gasteiger partial charge in [0.15, 0.2) is 0 Å². The maximum Gasteiger partial charge on any atom is 0.133 e. The number of benzene rings is 1. The van der Waals surface area contributed by atoms with Crippen molar-refractivity contribution in [1.29, 1.82) is 0 Å². The molecule has 0 bridgehead atoms. The topological polar surface area (TPSA) is 59.1 Å². The van der Waals surface area contributed by atoms with Gasteiger partial charge in [0.05, 0.1) is 18.4 Å². The van der Waals surface area contributed by atoms with Crippen molar-refractivity contribution in [3.63, 3.8) is 0 Å². The predicted molar refractivity (Wildman–Crippen MR) is 94.4 cm³/mol. The van der Waals surface area contributed by atoms with Crippen molar-refractivity contribution >= 4 is 5.82 Å². The number of ether oxygens (including phenoxy) is 1. The molecular formula is C19H24N4O. The second-order valence-corrected chi connectivity index (χ2v) is 6.48. The van der Waals surface area contributed by atoms with E-state index in [0.29, 0.717) is 0 Å². The highest BCUT2D eigenvalue weighted by Gasteiger charge is 2.22. The summed E-state index contributed by atoms with van der Waals surface area (Å²) in [5, 5.41) is 6.99. The summed E-state index contributed by atoms with van der Waals surface area (Å²) in [5.41, 5.74) is 5.14. The summed E-state index contributed by atoms with van der Waals surface area (Å²) in [5.74, 6) is 1.82. The molecule has 0 radical (unpaired) electrons. The molecule has 0 aliphatic carbocycles. The fourth-order valence-electron chi connectivity index (χ4n) is 3.65. The number of rotatable bonds is 3. The molecular weight excluding hydrogens is 300 g/mol. The summed E-state index contributed by atoms with van der Waals surface area (Å²) >= 11 is 0. The minimum Gasteiger partial charge on any atom is -0.371 e. The van der Waals surface area contributed by atoms with Crippen molar-refractivity contribution in [3.05, 3.63) is 52.5 Å². The predicted octanol–water partition coefficient (Wildman–Crippen LogP) is 2.20. The summed E-state index contributed by atoms with van der Waals surface area (Å²) in [6.45, 7) is 5.47. The molecule has 1 aromatic heterocycles. The fourth-order valence-corrected chi connectivity index (χ4v) is 3.65. The highest BCUT2D eigenvalue weighted by atomic mass is 16.5. The minimum atomic E-state index is 0.0878. The smallest absolute Gasteiger partial charge is 0.133 e. The van der Waals surface area contributed by atoms with Crippen LogP contribution in [0.5, 0.6) is 0 Å². The number of nitrogens with one attached hydrogen (secondary N) is 2. The quantitative estimate of drug-likeness (QED) is 0.906. The second kappa shape index (κ2) is 6.87. The molecule has 0 spiro atoms. The zero-order valence-electron chi connectivity index (χ0n) is 14.1. The van der Waals surface area contributed by atoms with E-state index in [-0.39, 0.29) is 6.10 Å². The number of anilines is 1. The molecule has 24 heavy (non-hydrogen) atoms. The monoisotopic (exact) mass is 324 g/mol. The number of aromatic nitrogens is 2. The Balaban J connectivity index is 1.56. The molecule has 2 aliphatic rings. The van der Waals surface area contributed by atoms with Crippen molar-refractivity contribution < 1.29 is 4.74 Å². The van der Waals surface area contributed by atoms with Crippen LogP contribution in [-0.2, 0) is 24.0 Å². The first-order valence-electron chi connectivity index (χ1n) is 8.81. The average molecular weight is 324 g/mol. The third-order valence-corrected chi connectivity index (χ3v) is 4.84. The van der Waals surface area contributed by atoms with Crippen LogP contribution in [0.25, 0.3) is 0 Å². The van der Waals surface area contributed by atoms with Crippen LogP contribution < -0.4 is 10.6 Å². The first-order valence-corrected chi connectivity index (χ1v) is 8.81. The second-order valence-electron chi connectivity index (χ2n) is 6.48. The van der Waals surface area contributed by atoms with Crippen LogP contribution in [0.4, 0.5) is 5.82 Å². The van der Waals surface area contributed by atoms with Gasteiger partial charge in [-0.25, -0.2) is 9.97 Å². The van der Waals surface area contributed by atoms with E-state index in [9.17, 15) is 0 Å². The van der Waals surface area contributed by atoms with Crippen LogP contribution in [0.3, 0.4) is 0 Å². The molecule has 2 aromatic rings. The van der Waals surface area contributed by atoms with Gasteiger partial charge in [0.1, 0.15) is 11.6 Å². The first kappa shape index (κ1) is 15.5. The standard InChI is InChI=1S/C19H24N4O/c1-13-22-17-7-10-20-9-6-16(17)19(23-13)21-12-18-15-5-3-2-4-14(15)8-11-24-18/h2-5,18,20H,6-12H2,1H3,(H,21,22,23). The lowest BCUT2D eigenvalue weighted by Gasteiger charge is -2.27. The normalized spacial score (nSPS) is 20.0. The van der Waals surface area contributed by atoms with Crippen LogP contribution in [-0.4, -0.2) is 36.2 Å². The van der Waals surface area contributed by atoms with Crippen LogP contribution in [0, 0.1) is 6.92 Å². The van der Waals surface area contributed by atoms with Gasteiger partial charge in [0.25, 0.3) is 0 Å². The Labute approximate surface area is 142 Å². The molecule has 0 fully saturated rings. The Morgan fingerprint density at radius 2 is 2.04 bits per heavy atom. The number of aryl methyl sites for hydroxylation is 1. The van der Waals surface area contributed by atoms with Crippen molar-refractivity contribution in [2.24, 2.45) is 0 Å². The SMILES string of the molecule is Cc1nc2c(c(NCC3OCCc4ccccc43)n1)CCNCC2. The average Bonchev–Trinajstić information content (AvgIpc) is 2.85. The van der Waals surface area contributed by atoms with Gasteiger partial charge in [0, 0.05) is 25.1 Å². The first-order chi connectivity index (χ1) is 11.8. The Hall–Kier alpha value is -1.98. The maximum atomic E-state index is 6.01. The molecule has 3 heterocycles. The molecule has 0 amide bonds. The van der Waals surface area contributed by atoms with Crippen molar-refractivity contribution in [2.45, 2.75) is 32.3 Å². The van der Waals surface area contributed by atoms with Crippen molar-refractivity contribution in [3.8, 4) is 0 Å². The van der Waals surface area contributed by atoms with Gasteiger partial charge < -0.3 is 15.4 Å². The Bertz CT molecular complexity index is 731. The van der Waals surface area contributed by atoms with E-state index in [4.69, 9.17) is 4.74 Å². The van der Waals surface area contributed by atoms with Crippen molar-refractivity contribution in [1.82, 2.24) is 15.3 Å². The van der Waals surface area contributed by atoms with E-state index >= 15 is 0 Å². The van der Waals surface area contributed by atoms with Gasteiger partial charge in [-0.15, -0.1) is 0 Å². The lowest BCUT2D eigenvalue weighted by atomic mass is 9.97. The van der Waals surface area contributed by atoms with Gasteiger partial charge >= 0.3 is 0 Å². The summed E-state index contributed by atoms with van der Waals surface area (Å²) in [7, 11) is 0. The Morgan fingerprint density at radius 3 is 3.00 bits per heavy atom. The molecule has 2 N–H and O–H groups in total. The highest BCUT2D eigenvalue weighted by Crippen LogP contribution is 2.28. The molecule has 2 aliphatic heterocycles. The zero-order valence-corrected chi connectivity index (χ0v) is 14.1. The van der Waals surface area contributed by atoms with E-state index in [1.54, 1.807) is 0 Å². The molecule has 0 saturated carbocycles. The minimum absolute atomic E-state index is 0.0878. The molecule has 4 rings (SSSR count). The summed E-state index contributed by atoms with van der Waals surface area (Å²) in [6, 6.07) is 8.58. The van der Waals surface area contributed by atoms with Crippen LogP contribution >= 0.6 is 0 Å². The maximum absolute atomic E-state index is 6.01. The largest absolute Gasteiger partial charge is 0.371 e. The number of fused-ring (bicyclic) bond motifs is 2. The van der Waals surface area contributed by atoms with Gasteiger partial charge in [-0.3, -0.25) is 0 Å². The number of nitrogens with zero attached hydrogens (tertiary/aromatic N) is 2. The lowest BCUT2D eigenvalue weighted by Crippen LogP contribution is -2.24. The summed E-state index contributed by atoms with van der Waals surface area (Å²) in [6.07, 6.45) is 3.03. The highest BCUT2D eigenvalue weighted by molar-refractivity contribution is 5.48. The van der Waals surface area contributed by atoms with Gasteiger partial charge in [-0.05, 0) is 37.4 Å². The lowest BCUT2D eigenvalue weighted by molar-refractivity contribution is 0.0513. The molecule has 5 heteroatoms. The fraction of sp³-hybridized carbons (Fsp3) is 0.474. The van der Waals surface area contributed by atoms with Gasteiger partial charge in [-0.1, -0.05) is 24.3 Å².